The Morgan fingerprint density at radius 1 is 0.590 bits per heavy atom. The molecular weight excluding hydrogens is 773 g/mol. The zero-order valence-corrected chi connectivity index (χ0v) is 39.0. The molecule has 0 aliphatic rings. The SMILES string of the molecule is CCCCC/C=C\C/C=C\CCCCCCCC(=O)COCC(COC(=O)CCC(OCCCCCCCC)OCCCCCCCC)COC(=O)OCCCn1ccnc1. The Morgan fingerprint density at radius 2 is 1.16 bits per heavy atom. The summed E-state index contributed by atoms with van der Waals surface area (Å²) in [6.45, 7) is 8.71. The van der Waals surface area contributed by atoms with Crippen molar-refractivity contribution >= 4 is 17.9 Å². The Hall–Kier alpha value is -3.02. The third-order valence-corrected chi connectivity index (χ3v) is 10.5. The van der Waals surface area contributed by atoms with Crippen molar-refractivity contribution in [1.29, 1.82) is 0 Å². The maximum atomic E-state index is 12.9. The molecule has 0 saturated carbocycles. The van der Waals surface area contributed by atoms with E-state index in [-0.39, 0.29) is 51.2 Å². The van der Waals surface area contributed by atoms with E-state index >= 15 is 0 Å². The number of carbonyl (C=O) groups is 3. The minimum Gasteiger partial charge on any atom is -0.465 e. The summed E-state index contributed by atoms with van der Waals surface area (Å²) in [4.78, 5) is 42.0. The van der Waals surface area contributed by atoms with Gasteiger partial charge in [0.25, 0.3) is 0 Å². The molecule has 11 heteroatoms. The number of rotatable bonds is 45. The highest BCUT2D eigenvalue weighted by Gasteiger charge is 2.19. The van der Waals surface area contributed by atoms with Gasteiger partial charge in [0.15, 0.2) is 12.1 Å². The van der Waals surface area contributed by atoms with Crippen LogP contribution in [0.1, 0.15) is 194 Å². The van der Waals surface area contributed by atoms with Crippen molar-refractivity contribution in [3.8, 4) is 0 Å². The van der Waals surface area contributed by atoms with E-state index in [1.165, 1.54) is 83.5 Å². The third-order valence-electron chi connectivity index (χ3n) is 10.5. The molecule has 0 amide bonds. The second-order valence-corrected chi connectivity index (χ2v) is 16.4. The summed E-state index contributed by atoms with van der Waals surface area (Å²) in [6.07, 6.45) is 41.2. The second-order valence-electron chi connectivity index (χ2n) is 16.4. The predicted octanol–water partition coefficient (Wildman–Crippen LogP) is 12.8. The molecular formula is C50H88N2O9. The van der Waals surface area contributed by atoms with Crippen LogP contribution >= 0.6 is 0 Å². The minimum atomic E-state index is -0.799. The summed E-state index contributed by atoms with van der Waals surface area (Å²) in [5.41, 5.74) is 0. The van der Waals surface area contributed by atoms with E-state index in [0.717, 1.165) is 64.2 Å². The van der Waals surface area contributed by atoms with E-state index < -0.39 is 18.4 Å². The lowest BCUT2D eigenvalue weighted by atomic mass is 10.1. The lowest BCUT2D eigenvalue weighted by Crippen LogP contribution is -2.27. The maximum Gasteiger partial charge on any atom is 0.508 e. The smallest absolute Gasteiger partial charge is 0.465 e. The molecule has 0 aromatic carbocycles. The molecule has 0 fully saturated rings. The number of unbranched alkanes of at least 4 members (excludes halogenated alkanes) is 18. The molecule has 0 N–H and O–H groups in total. The van der Waals surface area contributed by atoms with Gasteiger partial charge in [0.05, 0.1) is 38.5 Å². The van der Waals surface area contributed by atoms with Crippen molar-refractivity contribution in [3.63, 3.8) is 0 Å². The number of aromatic nitrogens is 2. The molecule has 1 aromatic rings. The van der Waals surface area contributed by atoms with Crippen LogP contribution < -0.4 is 0 Å². The fourth-order valence-electron chi connectivity index (χ4n) is 6.67. The molecule has 1 atom stereocenters. The van der Waals surface area contributed by atoms with E-state index in [1.54, 1.807) is 12.5 Å². The maximum absolute atomic E-state index is 12.9. The Bertz CT molecular complexity index is 1170. The summed E-state index contributed by atoms with van der Waals surface area (Å²) in [7, 11) is 0. The molecule has 0 spiro atoms. The number of ether oxygens (including phenoxy) is 6. The van der Waals surface area contributed by atoms with Crippen molar-refractivity contribution < 1.29 is 42.8 Å². The number of hydrogen-bond acceptors (Lipinski definition) is 10. The van der Waals surface area contributed by atoms with Crippen molar-refractivity contribution in [3.05, 3.63) is 43.0 Å². The normalized spacial score (nSPS) is 12.2. The first-order valence-corrected chi connectivity index (χ1v) is 24.5. The zero-order valence-electron chi connectivity index (χ0n) is 39.0. The third kappa shape index (κ3) is 38.4. The monoisotopic (exact) mass is 861 g/mol. The summed E-state index contributed by atoms with van der Waals surface area (Å²) in [6, 6.07) is 0. The average Bonchev–Trinajstić information content (AvgIpc) is 3.79. The van der Waals surface area contributed by atoms with Gasteiger partial charge in [-0.25, -0.2) is 9.78 Å². The number of hydrogen-bond donors (Lipinski definition) is 0. The van der Waals surface area contributed by atoms with Crippen LogP contribution in [0.2, 0.25) is 0 Å². The first-order chi connectivity index (χ1) is 30.0. The summed E-state index contributed by atoms with van der Waals surface area (Å²) >= 11 is 0. The molecule has 61 heavy (non-hydrogen) atoms. The van der Waals surface area contributed by atoms with Crippen molar-refractivity contribution in [2.45, 2.75) is 207 Å². The minimum absolute atomic E-state index is 0.0201. The van der Waals surface area contributed by atoms with Gasteiger partial charge in [-0.1, -0.05) is 141 Å². The van der Waals surface area contributed by atoms with Crippen LogP contribution in [-0.4, -0.2) is 80.0 Å². The quantitative estimate of drug-likeness (QED) is 0.0271. The van der Waals surface area contributed by atoms with E-state index in [9.17, 15) is 14.4 Å². The predicted molar refractivity (Wildman–Crippen MR) is 245 cm³/mol. The molecule has 1 heterocycles. The molecule has 0 aliphatic carbocycles. The summed E-state index contributed by atoms with van der Waals surface area (Å²) < 4.78 is 36.1. The van der Waals surface area contributed by atoms with Gasteiger partial charge in [0.1, 0.15) is 13.2 Å². The average molecular weight is 861 g/mol. The lowest BCUT2D eigenvalue weighted by Gasteiger charge is -2.20. The number of carbonyl (C=O) groups excluding carboxylic acids is 3. The van der Waals surface area contributed by atoms with Crippen molar-refractivity contribution in [1.82, 2.24) is 9.55 Å². The molecule has 0 radical (unpaired) electrons. The molecule has 0 bridgehead atoms. The summed E-state index contributed by atoms with van der Waals surface area (Å²) in [5.74, 6) is -0.816. The molecule has 1 unspecified atom stereocenters. The number of nitrogens with zero attached hydrogens (tertiary/aromatic N) is 2. The van der Waals surface area contributed by atoms with Crippen LogP contribution in [0, 0.1) is 5.92 Å². The number of Topliss-reactive ketones (excluding diaryl/α,β-unsaturated/α-hetero) is 1. The zero-order chi connectivity index (χ0) is 44.1. The molecule has 352 valence electrons. The highest BCUT2D eigenvalue weighted by Crippen LogP contribution is 2.14. The number of imidazole rings is 1. The van der Waals surface area contributed by atoms with Crippen molar-refractivity contribution in [2.24, 2.45) is 5.92 Å². The van der Waals surface area contributed by atoms with Crippen LogP contribution in [-0.2, 0) is 44.6 Å². The van der Waals surface area contributed by atoms with Gasteiger partial charge in [-0.3, -0.25) is 9.59 Å². The van der Waals surface area contributed by atoms with Crippen LogP contribution in [0.15, 0.2) is 43.0 Å². The number of esters is 1. The first kappa shape index (κ1) is 56.0. The van der Waals surface area contributed by atoms with Crippen LogP contribution in [0.4, 0.5) is 4.79 Å². The lowest BCUT2D eigenvalue weighted by molar-refractivity contribution is -0.161. The fourth-order valence-corrected chi connectivity index (χ4v) is 6.67. The van der Waals surface area contributed by atoms with Gasteiger partial charge < -0.3 is 33.0 Å². The van der Waals surface area contributed by atoms with Crippen LogP contribution in [0.25, 0.3) is 0 Å². The fraction of sp³-hybridized carbons (Fsp3) is 0.800. The van der Waals surface area contributed by atoms with Gasteiger partial charge in [-0.15, -0.1) is 0 Å². The molecule has 0 aliphatic heterocycles. The van der Waals surface area contributed by atoms with Crippen molar-refractivity contribution in [2.75, 3.05) is 46.2 Å². The molecule has 0 saturated heterocycles. The second kappa shape index (κ2) is 43.6. The Balaban J connectivity index is 2.48. The van der Waals surface area contributed by atoms with Crippen LogP contribution in [0.5, 0.6) is 0 Å². The van der Waals surface area contributed by atoms with E-state index in [2.05, 4.69) is 50.1 Å². The van der Waals surface area contributed by atoms with Gasteiger partial charge in [0, 0.05) is 45.0 Å². The largest absolute Gasteiger partial charge is 0.508 e. The number of allylic oxidation sites excluding steroid dienone is 4. The molecule has 11 nitrogen and oxygen atoms in total. The number of aryl methyl sites for hydroxylation is 1. The van der Waals surface area contributed by atoms with E-state index in [4.69, 9.17) is 28.4 Å². The Kier molecular flexibility index (Phi) is 40.0. The highest BCUT2D eigenvalue weighted by atomic mass is 16.7. The van der Waals surface area contributed by atoms with Gasteiger partial charge in [-0.2, -0.15) is 0 Å². The standard InChI is InChI=1S/C50H88N2O9/c1-4-7-10-13-16-17-18-19-20-21-22-23-24-25-28-32-47(53)44-56-41-46(43-61-50(55)59-40-31-36-52-37-35-51-45-52)42-60-48(54)33-34-49(57-38-29-26-14-11-8-5-2)58-39-30-27-15-12-9-6-3/h16-17,19-20,35,37,45-46,49H,4-15,18,21-34,36,38-44H2,1-3H3/b17-16-,20-19-. The van der Waals surface area contributed by atoms with Gasteiger partial charge in [0.2, 0.25) is 0 Å². The summed E-state index contributed by atoms with van der Waals surface area (Å²) in [5, 5.41) is 0. The van der Waals surface area contributed by atoms with Gasteiger partial charge in [-0.05, 0) is 57.8 Å². The Morgan fingerprint density at radius 3 is 1.80 bits per heavy atom. The first-order valence-electron chi connectivity index (χ1n) is 24.5. The van der Waals surface area contributed by atoms with Gasteiger partial charge >= 0.3 is 12.1 Å². The van der Waals surface area contributed by atoms with Crippen LogP contribution in [0.3, 0.4) is 0 Å². The molecule has 1 rings (SSSR count). The van der Waals surface area contributed by atoms with E-state index in [1.807, 2.05) is 10.8 Å². The van der Waals surface area contributed by atoms with E-state index in [0.29, 0.717) is 39.0 Å². The molecule has 1 aromatic heterocycles. The highest BCUT2D eigenvalue weighted by molar-refractivity contribution is 5.79. The Labute approximate surface area is 371 Å². The number of ketones is 1. The topological polar surface area (TPSA) is 124 Å².